The van der Waals surface area contributed by atoms with Gasteiger partial charge in [-0.2, -0.15) is 0 Å². The molecule has 0 fully saturated rings. The number of nitrogens with one attached hydrogen (secondary N) is 1. The van der Waals surface area contributed by atoms with Crippen molar-refractivity contribution >= 4 is 55.7 Å². The van der Waals surface area contributed by atoms with E-state index in [1.165, 1.54) is 4.88 Å². The summed E-state index contributed by atoms with van der Waals surface area (Å²) in [5.74, 6) is 1.68. The topological polar surface area (TPSA) is 37.8 Å². The molecule has 2 heterocycles. The molecule has 17 heavy (non-hydrogen) atoms. The second kappa shape index (κ2) is 5.62. The molecule has 0 radical (unpaired) electrons. The lowest BCUT2D eigenvalue weighted by atomic mass is 10.4. The van der Waals surface area contributed by atoms with Gasteiger partial charge in [0.25, 0.3) is 0 Å². The monoisotopic (exact) mass is 423 g/mol. The lowest BCUT2D eigenvalue weighted by Gasteiger charge is -2.05. The predicted octanol–water partition coefficient (Wildman–Crippen LogP) is 4.31. The maximum atomic E-state index is 4.55. The first-order valence-electron chi connectivity index (χ1n) is 5.14. The number of aryl methyl sites for hydroxylation is 1. The van der Waals surface area contributed by atoms with Gasteiger partial charge in [-0.1, -0.05) is 0 Å². The summed E-state index contributed by atoms with van der Waals surface area (Å²) in [6.07, 6.45) is 1.85. The van der Waals surface area contributed by atoms with Crippen LogP contribution in [-0.2, 0) is 0 Å². The van der Waals surface area contributed by atoms with Crippen molar-refractivity contribution in [2.45, 2.75) is 13.8 Å². The van der Waals surface area contributed by atoms with Crippen molar-refractivity contribution in [3.63, 3.8) is 0 Å². The SMILES string of the molecule is CCNc1nc(-c2cc(Br)c(C)s2)ncc1I. The van der Waals surface area contributed by atoms with Gasteiger partial charge in [-0.25, -0.2) is 9.97 Å². The maximum absolute atomic E-state index is 4.55. The molecule has 3 nitrogen and oxygen atoms in total. The first-order valence-corrected chi connectivity index (χ1v) is 7.83. The Morgan fingerprint density at radius 2 is 2.29 bits per heavy atom. The average Bonchev–Trinajstić information content (AvgIpc) is 2.63. The van der Waals surface area contributed by atoms with Crippen LogP contribution in [0, 0.1) is 10.5 Å². The summed E-state index contributed by atoms with van der Waals surface area (Å²) < 4.78 is 2.16. The molecule has 2 aromatic rings. The van der Waals surface area contributed by atoms with Crippen molar-refractivity contribution in [1.29, 1.82) is 0 Å². The minimum Gasteiger partial charge on any atom is -0.369 e. The van der Waals surface area contributed by atoms with Crippen LogP contribution >= 0.6 is 49.9 Å². The molecule has 0 atom stereocenters. The third-order valence-electron chi connectivity index (χ3n) is 2.17. The average molecular weight is 424 g/mol. The molecule has 1 N–H and O–H groups in total. The molecule has 0 aromatic carbocycles. The summed E-state index contributed by atoms with van der Waals surface area (Å²) in [7, 11) is 0. The van der Waals surface area contributed by atoms with E-state index in [0.717, 1.165) is 31.1 Å². The molecule has 0 saturated heterocycles. The van der Waals surface area contributed by atoms with Crippen molar-refractivity contribution in [2.75, 3.05) is 11.9 Å². The van der Waals surface area contributed by atoms with Gasteiger partial charge >= 0.3 is 0 Å². The Morgan fingerprint density at radius 3 is 2.88 bits per heavy atom. The summed E-state index contributed by atoms with van der Waals surface area (Å²) in [5.41, 5.74) is 0. The van der Waals surface area contributed by atoms with Crippen LogP contribution in [0.1, 0.15) is 11.8 Å². The molecule has 0 unspecified atom stereocenters. The molecule has 0 aliphatic rings. The molecular formula is C11H11BrIN3S. The van der Waals surface area contributed by atoms with Gasteiger partial charge in [0.05, 0.1) is 8.45 Å². The lowest BCUT2D eigenvalue weighted by molar-refractivity contribution is 1.11. The fourth-order valence-corrected chi connectivity index (χ4v) is 3.27. The quantitative estimate of drug-likeness (QED) is 0.747. The van der Waals surface area contributed by atoms with E-state index in [-0.39, 0.29) is 0 Å². The number of hydrogen-bond donors (Lipinski definition) is 1. The van der Waals surface area contributed by atoms with E-state index < -0.39 is 0 Å². The number of halogens is 2. The predicted molar refractivity (Wildman–Crippen MR) is 84.7 cm³/mol. The number of aromatic nitrogens is 2. The number of rotatable bonds is 3. The molecule has 2 aromatic heterocycles. The van der Waals surface area contributed by atoms with E-state index in [4.69, 9.17) is 0 Å². The highest BCUT2D eigenvalue weighted by Gasteiger charge is 2.10. The minimum absolute atomic E-state index is 0.778. The van der Waals surface area contributed by atoms with Gasteiger partial charge in [-0.05, 0) is 58.4 Å². The molecule has 0 spiro atoms. The summed E-state index contributed by atoms with van der Waals surface area (Å²) >= 11 is 7.45. The van der Waals surface area contributed by atoms with Crippen LogP contribution in [-0.4, -0.2) is 16.5 Å². The zero-order chi connectivity index (χ0) is 12.4. The lowest BCUT2D eigenvalue weighted by Crippen LogP contribution is -2.03. The van der Waals surface area contributed by atoms with E-state index >= 15 is 0 Å². The molecule has 0 amide bonds. The second-order valence-electron chi connectivity index (χ2n) is 3.44. The van der Waals surface area contributed by atoms with E-state index in [0.29, 0.717) is 0 Å². The zero-order valence-electron chi connectivity index (χ0n) is 9.42. The van der Waals surface area contributed by atoms with Gasteiger partial charge in [0.15, 0.2) is 5.82 Å². The fourth-order valence-electron chi connectivity index (χ4n) is 1.35. The molecule has 0 aliphatic heterocycles. The van der Waals surface area contributed by atoms with Crippen LogP contribution in [0.3, 0.4) is 0 Å². The summed E-state index contributed by atoms with van der Waals surface area (Å²) in [6, 6.07) is 2.07. The number of anilines is 1. The maximum Gasteiger partial charge on any atom is 0.171 e. The van der Waals surface area contributed by atoms with Crippen LogP contribution in [0.4, 0.5) is 5.82 Å². The Bertz CT molecular complexity index is 522. The van der Waals surface area contributed by atoms with Gasteiger partial charge < -0.3 is 5.32 Å². The third-order valence-corrected chi connectivity index (χ3v) is 5.09. The van der Waals surface area contributed by atoms with Crippen molar-refractivity contribution in [3.05, 3.63) is 25.2 Å². The Labute approximate surface area is 126 Å². The Morgan fingerprint density at radius 1 is 1.53 bits per heavy atom. The van der Waals surface area contributed by atoms with E-state index in [1.54, 1.807) is 11.3 Å². The molecule has 90 valence electrons. The number of thiophene rings is 1. The summed E-state index contributed by atoms with van der Waals surface area (Å²) in [5, 5.41) is 3.24. The number of nitrogens with zero attached hydrogens (tertiary/aromatic N) is 2. The highest BCUT2D eigenvalue weighted by molar-refractivity contribution is 14.1. The summed E-state index contributed by atoms with van der Waals surface area (Å²) in [4.78, 5) is 11.3. The van der Waals surface area contributed by atoms with Crippen molar-refractivity contribution in [3.8, 4) is 10.7 Å². The van der Waals surface area contributed by atoms with Gasteiger partial charge in [0.2, 0.25) is 0 Å². The molecule has 0 bridgehead atoms. The van der Waals surface area contributed by atoms with Crippen molar-refractivity contribution < 1.29 is 0 Å². The molecular weight excluding hydrogens is 413 g/mol. The largest absolute Gasteiger partial charge is 0.369 e. The molecule has 2 rings (SSSR count). The van der Waals surface area contributed by atoms with Crippen LogP contribution in [0.25, 0.3) is 10.7 Å². The second-order valence-corrected chi connectivity index (χ2v) is 6.71. The highest BCUT2D eigenvalue weighted by Crippen LogP contribution is 2.33. The Kier molecular flexibility index (Phi) is 4.37. The smallest absolute Gasteiger partial charge is 0.171 e. The first-order chi connectivity index (χ1) is 8.11. The normalized spacial score (nSPS) is 10.6. The van der Waals surface area contributed by atoms with Crippen molar-refractivity contribution in [2.24, 2.45) is 0 Å². The van der Waals surface area contributed by atoms with Gasteiger partial charge in [0.1, 0.15) is 5.82 Å². The van der Waals surface area contributed by atoms with Gasteiger partial charge in [-0.15, -0.1) is 11.3 Å². The Balaban J connectivity index is 2.42. The fraction of sp³-hybridized carbons (Fsp3) is 0.273. The van der Waals surface area contributed by atoms with Crippen molar-refractivity contribution in [1.82, 2.24) is 9.97 Å². The number of hydrogen-bond acceptors (Lipinski definition) is 4. The van der Waals surface area contributed by atoms with Gasteiger partial charge in [0, 0.05) is 22.1 Å². The highest BCUT2D eigenvalue weighted by atomic mass is 127. The molecule has 6 heteroatoms. The van der Waals surface area contributed by atoms with E-state index in [2.05, 4.69) is 73.7 Å². The zero-order valence-corrected chi connectivity index (χ0v) is 14.0. The van der Waals surface area contributed by atoms with E-state index in [9.17, 15) is 0 Å². The van der Waals surface area contributed by atoms with Crippen LogP contribution in [0.2, 0.25) is 0 Å². The van der Waals surface area contributed by atoms with E-state index in [1.807, 2.05) is 6.20 Å². The third kappa shape index (κ3) is 2.97. The molecule has 0 saturated carbocycles. The van der Waals surface area contributed by atoms with Crippen LogP contribution in [0.15, 0.2) is 16.7 Å². The first kappa shape index (κ1) is 13.2. The van der Waals surface area contributed by atoms with Crippen LogP contribution < -0.4 is 5.32 Å². The Hall–Kier alpha value is -0.210. The minimum atomic E-state index is 0.778. The molecule has 0 aliphatic carbocycles. The standard InChI is InChI=1S/C11H11BrIN3S/c1-3-14-10-8(13)5-15-11(16-10)9-4-7(12)6(2)17-9/h4-5H,3H2,1-2H3,(H,14,15,16). The summed E-state index contributed by atoms with van der Waals surface area (Å²) in [6.45, 7) is 5.00. The van der Waals surface area contributed by atoms with Gasteiger partial charge in [-0.3, -0.25) is 0 Å². The van der Waals surface area contributed by atoms with Crippen LogP contribution in [0.5, 0.6) is 0 Å².